The number of rotatable bonds is 2. The number of fused-ring (bicyclic) bond motifs is 1. The summed E-state index contributed by atoms with van der Waals surface area (Å²) in [7, 11) is 0. The molecule has 5 nitrogen and oxygen atoms in total. The van der Waals surface area contributed by atoms with Crippen LogP contribution in [0.25, 0.3) is 10.9 Å². The molecule has 1 fully saturated rings. The molecule has 22 heavy (non-hydrogen) atoms. The molecule has 1 aliphatic rings. The summed E-state index contributed by atoms with van der Waals surface area (Å²) >= 11 is 0. The third-order valence-corrected chi connectivity index (χ3v) is 3.95. The Kier molecular flexibility index (Phi) is 3.75. The van der Waals surface area contributed by atoms with Crippen molar-refractivity contribution in [3.05, 3.63) is 41.8 Å². The molecule has 1 amide bonds. The topological polar surface area (TPSA) is 70.5 Å². The Balaban J connectivity index is 2.06. The number of piperidine rings is 1. The zero-order valence-electron chi connectivity index (χ0n) is 11.8. The van der Waals surface area contributed by atoms with Gasteiger partial charge in [-0.15, -0.1) is 0 Å². The average Bonchev–Trinajstić information content (AvgIpc) is 2.53. The van der Waals surface area contributed by atoms with Gasteiger partial charge in [0.25, 0.3) is 5.91 Å². The zero-order valence-corrected chi connectivity index (χ0v) is 11.8. The molecule has 1 aromatic carbocycles. The average molecular weight is 302 g/mol. The van der Waals surface area contributed by atoms with Crippen molar-refractivity contribution in [2.75, 3.05) is 6.54 Å². The van der Waals surface area contributed by atoms with Gasteiger partial charge in [0.2, 0.25) is 0 Å². The van der Waals surface area contributed by atoms with Gasteiger partial charge in [-0.3, -0.25) is 9.78 Å². The number of amides is 1. The van der Waals surface area contributed by atoms with Crippen LogP contribution in [0.15, 0.2) is 30.5 Å². The van der Waals surface area contributed by atoms with Crippen molar-refractivity contribution in [1.29, 1.82) is 0 Å². The van der Waals surface area contributed by atoms with Crippen molar-refractivity contribution in [2.45, 2.75) is 25.3 Å². The number of benzene rings is 1. The fourth-order valence-electron chi connectivity index (χ4n) is 2.90. The predicted molar refractivity (Wildman–Crippen MR) is 78.0 cm³/mol. The SMILES string of the molecule is O=C(O)[C@H]1CCCCN1C(=O)c1cc(F)cc2cccnc12. The summed E-state index contributed by atoms with van der Waals surface area (Å²) in [6, 6.07) is 4.92. The Morgan fingerprint density at radius 1 is 1.32 bits per heavy atom. The van der Waals surface area contributed by atoms with E-state index in [0.29, 0.717) is 23.9 Å². The van der Waals surface area contributed by atoms with Gasteiger partial charge in [0.05, 0.1) is 11.1 Å². The summed E-state index contributed by atoms with van der Waals surface area (Å²) < 4.78 is 13.8. The van der Waals surface area contributed by atoms with E-state index in [0.717, 1.165) is 18.9 Å². The quantitative estimate of drug-likeness (QED) is 0.925. The fraction of sp³-hybridized carbons (Fsp3) is 0.312. The number of carboxylic acid groups (broad SMARTS) is 1. The summed E-state index contributed by atoms with van der Waals surface area (Å²) in [5, 5.41) is 9.81. The van der Waals surface area contributed by atoms with Crippen LogP contribution in [-0.2, 0) is 4.79 Å². The van der Waals surface area contributed by atoms with Gasteiger partial charge in [0.15, 0.2) is 0 Å². The second-order valence-electron chi connectivity index (χ2n) is 5.38. The summed E-state index contributed by atoms with van der Waals surface area (Å²) in [6.07, 6.45) is 3.46. The van der Waals surface area contributed by atoms with Gasteiger partial charge in [-0.05, 0) is 37.5 Å². The van der Waals surface area contributed by atoms with E-state index in [1.54, 1.807) is 12.1 Å². The van der Waals surface area contributed by atoms with E-state index in [1.165, 1.54) is 17.2 Å². The van der Waals surface area contributed by atoms with E-state index in [1.807, 2.05) is 0 Å². The van der Waals surface area contributed by atoms with Gasteiger partial charge in [0.1, 0.15) is 11.9 Å². The first-order valence-corrected chi connectivity index (χ1v) is 7.16. The maximum atomic E-state index is 13.8. The third kappa shape index (κ3) is 2.52. The molecule has 2 heterocycles. The molecular weight excluding hydrogens is 287 g/mol. The lowest BCUT2D eigenvalue weighted by atomic mass is 10.00. The smallest absolute Gasteiger partial charge is 0.326 e. The van der Waals surface area contributed by atoms with Crippen LogP contribution in [0.5, 0.6) is 0 Å². The Morgan fingerprint density at radius 2 is 2.14 bits per heavy atom. The van der Waals surface area contributed by atoms with Gasteiger partial charge >= 0.3 is 5.97 Å². The first-order valence-electron chi connectivity index (χ1n) is 7.16. The molecule has 6 heteroatoms. The van der Waals surface area contributed by atoms with Gasteiger partial charge < -0.3 is 10.0 Å². The van der Waals surface area contributed by atoms with Crippen LogP contribution in [0.3, 0.4) is 0 Å². The highest BCUT2D eigenvalue weighted by Crippen LogP contribution is 2.24. The summed E-state index contributed by atoms with van der Waals surface area (Å²) in [5.41, 5.74) is 0.507. The minimum absolute atomic E-state index is 0.115. The van der Waals surface area contributed by atoms with Crippen LogP contribution in [0, 0.1) is 5.82 Å². The summed E-state index contributed by atoms with van der Waals surface area (Å²) in [5.74, 6) is -2.04. The highest BCUT2D eigenvalue weighted by molar-refractivity contribution is 6.06. The van der Waals surface area contributed by atoms with E-state index in [-0.39, 0.29) is 5.56 Å². The number of carboxylic acids is 1. The first-order chi connectivity index (χ1) is 10.6. The van der Waals surface area contributed by atoms with Crippen molar-refractivity contribution in [3.63, 3.8) is 0 Å². The molecule has 0 saturated carbocycles. The lowest BCUT2D eigenvalue weighted by Crippen LogP contribution is -2.48. The van der Waals surface area contributed by atoms with Gasteiger partial charge in [-0.25, -0.2) is 9.18 Å². The number of aromatic nitrogens is 1. The molecule has 1 aromatic heterocycles. The standard InChI is InChI=1S/C16H15FN2O3/c17-11-8-10-4-3-6-18-14(10)12(9-11)15(20)19-7-2-1-5-13(19)16(21)22/h3-4,6,8-9,13H,1-2,5,7H2,(H,21,22)/t13-/m1/s1. The van der Waals surface area contributed by atoms with E-state index in [2.05, 4.69) is 4.98 Å². The van der Waals surface area contributed by atoms with Crippen LogP contribution in [0.2, 0.25) is 0 Å². The molecule has 0 radical (unpaired) electrons. The molecule has 3 rings (SSSR count). The fourth-order valence-corrected chi connectivity index (χ4v) is 2.90. The number of halogens is 1. The van der Waals surface area contributed by atoms with Crippen molar-refractivity contribution in [3.8, 4) is 0 Å². The molecule has 114 valence electrons. The van der Waals surface area contributed by atoms with Crippen molar-refractivity contribution < 1.29 is 19.1 Å². The molecule has 0 spiro atoms. The highest BCUT2D eigenvalue weighted by Gasteiger charge is 2.33. The lowest BCUT2D eigenvalue weighted by Gasteiger charge is -2.33. The van der Waals surface area contributed by atoms with Crippen LogP contribution in [0.4, 0.5) is 4.39 Å². The Hall–Kier alpha value is -2.50. The zero-order chi connectivity index (χ0) is 15.7. The van der Waals surface area contributed by atoms with E-state index < -0.39 is 23.7 Å². The number of pyridine rings is 1. The van der Waals surface area contributed by atoms with Gasteiger partial charge in [-0.1, -0.05) is 6.07 Å². The number of carbonyl (C=O) groups is 2. The number of likely N-dealkylation sites (tertiary alicyclic amines) is 1. The number of aliphatic carboxylic acids is 1. The minimum Gasteiger partial charge on any atom is -0.480 e. The molecular formula is C16H15FN2O3. The van der Waals surface area contributed by atoms with Crippen molar-refractivity contribution >= 4 is 22.8 Å². The molecule has 0 aliphatic carbocycles. The summed E-state index contributed by atoms with van der Waals surface area (Å²) in [4.78, 5) is 29.5. The molecule has 1 N–H and O–H groups in total. The van der Waals surface area contributed by atoms with Gasteiger partial charge in [-0.2, -0.15) is 0 Å². The van der Waals surface area contributed by atoms with E-state index in [4.69, 9.17) is 0 Å². The van der Waals surface area contributed by atoms with Crippen LogP contribution < -0.4 is 0 Å². The largest absolute Gasteiger partial charge is 0.480 e. The van der Waals surface area contributed by atoms with Crippen LogP contribution >= 0.6 is 0 Å². The predicted octanol–water partition coefficient (Wildman–Crippen LogP) is 2.45. The first kappa shape index (κ1) is 14.4. The molecule has 1 aliphatic heterocycles. The normalized spacial score (nSPS) is 18.4. The lowest BCUT2D eigenvalue weighted by molar-refractivity contribution is -0.143. The van der Waals surface area contributed by atoms with Crippen molar-refractivity contribution in [2.24, 2.45) is 0 Å². The number of nitrogens with zero attached hydrogens (tertiary/aromatic N) is 2. The Labute approximate surface area is 126 Å². The maximum absolute atomic E-state index is 13.8. The monoisotopic (exact) mass is 302 g/mol. The number of carbonyl (C=O) groups excluding carboxylic acids is 1. The van der Waals surface area contributed by atoms with Crippen LogP contribution in [0.1, 0.15) is 29.6 Å². The number of hydrogen-bond donors (Lipinski definition) is 1. The second-order valence-corrected chi connectivity index (χ2v) is 5.38. The molecule has 1 atom stereocenters. The highest BCUT2D eigenvalue weighted by atomic mass is 19.1. The Bertz CT molecular complexity index is 747. The number of hydrogen-bond acceptors (Lipinski definition) is 3. The minimum atomic E-state index is -1.03. The third-order valence-electron chi connectivity index (χ3n) is 3.95. The molecule has 2 aromatic rings. The molecule has 1 saturated heterocycles. The van der Waals surface area contributed by atoms with Crippen molar-refractivity contribution in [1.82, 2.24) is 9.88 Å². The van der Waals surface area contributed by atoms with E-state index >= 15 is 0 Å². The van der Waals surface area contributed by atoms with Crippen LogP contribution in [-0.4, -0.2) is 39.5 Å². The Morgan fingerprint density at radius 3 is 2.91 bits per heavy atom. The van der Waals surface area contributed by atoms with Gasteiger partial charge in [0, 0.05) is 18.1 Å². The van der Waals surface area contributed by atoms with E-state index in [9.17, 15) is 19.1 Å². The molecule has 0 unspecified atom stereocenters. The second kappa shape index (κ2) is 5.71. The molecule has 0 bridgehead atoms. The summed E-state index contributed by atoms with van der Waals surface area (Å²) in [6.45, 7) is 0.362. The maximum Gasteiger partial charge on any atom is 0.326 e.